The summed E-state index contributed by atoms with van der Waals surface area (Å²) < 4.78 is 0. The Kier molecular flexibility index (Phi) is 7.44. The van der Waals surface area contributed by atoms with Crippen LogP contribution in [-0.4, -0.2) is 31.1 Å². The van der Waals surface area contributed by atoms with E-state index in [1.54, 1.807) is 0 Å². The average Bonchev–Trinajstić information content (AvgIpc) is 2.37. The van der Waals surface area contributed by atoms with Gasteiger partial charge in [0.2, 0.25) is 0 Å². The van der Waals surface area contributed by atoms with Gasteiger partial charge in [0.05, 0.1) is 0 Å². The molecule has 0 radical (unpaired) electrons. The van der Waals surface area contributed by atoms with Crippen molar-refractivity contribution in [2.45, 2.75) is 39.8 Å². The summed E-state index contributed by atoms with van der Waals surface area (Å²) in [4.78, 5) is 2.38. The third-order valence-corrected chi connectivity index (χ3v) is 3.77. The minimum Gasteiger partial charge on any atom is -0.315 e. The van der Waals surface area contributed by atoms with Crippen LogP contribution in [0, 0.1) is 5.92 Å². The molecule has 1 atom stereocenters. The van der Waals surface area contributed by atoms with E-state index in [-0.39, 0.29) is 0 Å². The number of rotatable bonds is 8. The average molecular weight is 283 g/mol. The zero-order valence-electron chi connectivity index (χ0n) is 12.6. The van der Waals surface area contributed by atoms with Gasteiger partial charge in [0.25, 0.3) is 0 Å². The van der Waals surface area contributed by atoms with E-state index in [9.17, 15) is 0 Å². The van der Waals surface area contributed by atoms with Crippen LogP contribution >= 0.6 is 11.6 Å². The highest BCUT2D eigenvalue weighted by atomic mass is 35.5. The number of benzene rings is 1. The van der Waals surface area contributed by atoms with E-state index in [1.165, 1.54) is 5.56 Å². The minimum atomic E-state index is 0.551. The summed E-state index contributed by atoms with van der Waals surface area (Å²) in [6.07, 6.45) is 1.14. The first-order valence-electron chi connectivity index (χ1n) is 7.19. The summed E-state index contributed by atoms with van der Waals surface area (Å²) in [6.45, 7) is 9.74. The maximum Gasteiger partial charge on any atom is 0.0451 e. The van der Waals surface area contributed by atoms with Gasteiger partial charge in [0.15, 0.2) is 0 Å². The lowest BCUT2D eigenvalue weighted by Gasteiger charge is -2.28. The third-order valence-electron chi connectivity index (χ3n) is 3.40. The molecule has 3 heteroatoms. The Bertz CT molecular complexity index is 366. The first-order valence-corrected chi connectivity index (χ1v) is 7.56. The second kappa shape index (κ2) is 8.57. The Morgan fingerprint density at radius 1 is 1.21 bits per heavy atom. The maximum atomic E-state index is 6.22. The third kappa shape index (κ3) is 5.94. The van der Waals surface area contributed by atoms with Gasteiger partial charge >= 0.3 is 0 Å². The van der Waals surface area contributed by atoms with Crippen LogP contribution in [0.3, 0.4) is 0 Å². The molecule has 0 heterocycles. The number of likely N-dealkylation sites (N-methyl/N-ethyl adjacent to an activating group) is 1. The van der Waals surface area contributed by atoms with Gasteiger partial charge in [-0.2, -0.15) is 0 Å². The number of hydrogen-bond donors (Lipinski definition) is 1. The lowest BCUT2D eigenvalue weighted by Crippen LogP contribution is -2.40. The fraction of sp³-hybridized carbons (Fsp3) is 0.625. The van der Waals surface area contributed by atoms with Crippen molar-refractivity contribution in [3.63, 3.8) is 0 Å². The normalized spacial score (nSPS) is 13.2. The Balaban J connectivity index is 2.49. The summed E-state index contributed by atoms with van der Waals surface area (Å²) in [5.41, 5.74) is 1.20. The van der Waals surface area contributed by atoms with Gasteiger partial charge in [-0.3, -0.25) is 4.90 Å². The predicted octanol–water partition coefficient (Wildman–Crippen LogP) is 3.80. The Morgan fingerprint density at radius 3 is 2.47 bits per heavy atom. The first kappa shape index (κ1) is 16.5. The van der Waals surface area contributed by atoms with E-state index in [0.717, 1.165) is 31.1 Å². The van der Waals surface area contributed by atoms with Crippen molar-refractivity contribution in [3.05, 3.63) is 34.9 Å². The monoisotopic (exact) mass is 282 g/mol. The second-order valence-corrected chi connectivity index (χ2v) is 6.03. The second-order valence-electron chi connectivity index (χ2n) is 5.62. The van der Waals surface area contributed by atoms with Gasteiger partial charge in [-0.1, -0.05) is 50.6 Å². The topological polar surface area (TPSA) is 15.3 Å². The zero-order chi connectivity index (χ0) is 14.3. The maximum absolute atomic E-state index is 6.22. The Morgan fingerprint density at radius 2 is 1.89 bits per heavy atom. The Labute approximate surface area is 123 Å². The fourth-order valence-corrected chi connectivity index (χ4v) is 2.37. The summed E-state index contributed by atoms with van der Waals surface area (Å²) >= 11 is 6.22. The summed E-state index contributed by atoms with van der Waals surface area (Å²) in [5, 5.41) is 4.40. The van der Waals surface area contributed by atoms with Crippen LogP contribution in [0.1, 0.15) is 32.8 Å². The van der Waals surface area contributed by atoms with E-state index in [0.29, 0.717) is 12.0 Å². The molecule has 1 rings (SSSR count). The first-order chi connectivity index (χ1) is 9.04. The van der Waals surface area contributed by atoms with Gasteiger partial charge in [-0.25, -0.2) is 0 Å². The van der Waals surface area contributed by atoms with Crippen molar-refractivity contribution in [1.29, 1.82) is 0 Å². The minimum absolute atomic E-state index is 0.551. The molecule has 0 aromatic heterocycles. The SMILES string of the molecule is CCC(CNCC(C)C)N(C)Cc1ccccc1Cl. The molecule has 1 unspecified atom stereocenters. The van der Waals surface area contributed by atoms with Gasteiger partial charge < -0.3 is 5.32 Å². The lowest BCUT2D eigenvalue weighted by atomic mass is 10.1. The van der Waals surface area contributed by atoms with Crippen LogP contribution in [0.2, 0.25) is 5.02 Å². The highest BCUT2D eigenvalue weighted by molar-refractivity contribution is 6.31. The largest absolute Gasteiger partial charge is 0.315 e. The summed E-state index contributed by atoms with van der Waals surface area (Å²) in [5.74, 6) is 0.700. The molecule has 2 nitrogen and oxygen atoms in total. The van der Waals surface area contributed by atoms with Crippen LogP contribution in [0.5, 0.6) is 0 Å². The smallest absolute Gasteiger partial charge is 0.0451 e. The highest BCUT2D eigenvalue weighted by Crippen LogP contribution is 2.17. The van der Waals surface area contributed by atoms with E-state index >= 15 is 0 Å². The van der Waals surface area contributed by atoms with Gasteiger partial charge in [-0.05, 0) is 37.6 Å². The number of nitrogens with one attached hydrogen (secondary N) is 1. The van der Waals surface area contributed by atoms with Crippen molar-refractivity contribution in [1.82, 2.24) is 10.2 Å². The molecule has 0 aliphatic carbocycles. The van der Waals surface area contributed by atoms with Gasteiger partial charge in [0.1, 0.15) is 0 Å². The lowest BCUT2D eigenvalue weighted by molar-refractivity contribution is 0.220. The molecule has 0 aliphatic rings. The van der Waals surface area contributed by atoms with Crippen LogP contribution in [0.25, 0.3) is 0 Å². The molecule has 0 saturated heterocycles. The number of hydrogen-bond acceptors (Lipinski definition) is 2. The molecule has 1 aromatic carbocycles. The molecule has 1 N–H and O–H groups in total. The van der Waals surface area contributed by atoms with Crippen LogP contribution < -0.4 is 5.32 Å². The van der Waals surface area contributed by atoms with Crippen molar-refractivity contribution in [2.24, 2.45) is 5.92 Å². The molecule has 0 saturated carbocycles. The molecular formula is C16H27ClN2. The van der Waals surface area contributed by atoms with Crippen molar-refractivity contribution >= 4 is 11.6 Å². The number of nitrogens with zero attached hydrogens (tertiary/aromatic N) is 1. The zero-order valence-corrected chi connectivity index (χ0v) is 13.4. The summed E-state index contributed by atoms with van der Waals surface area (Å²) in [6, 6.07) is 8.64. The van der Waals surface area contributed by atoms with Crippen LogP contribution in [0.4, 0.5) is 0 Å². The molecule has 19 heavy (non-hydrogen) atoms. The van der Waals surface area contributed by atoms with E-state index in [1.807, 2.05) is 18.2 Å². The van der Waals surface area contributed by atoms with Gasteiger partial charge in [-0.15, -0.1) is 0 Å². The van der Waals surface area contributed by atoms with Crippen molar-refractivity contribution < 1.29 is 0 Å². The van der Waals surface area contributed by atoms with Crippen LogP contribution in [-0.2, 0) is 6.54 Å². The van der Waals surface area contributed by atoms with E-state index in [4.69, 9.17) is 11.6 Å². The molecule has 0 bridgehead atoms. The molecule has 108 valence electrons. The highest BCUT2D eigenvalue weighted by Gasteiger charge is 2.13. The standard InChI is InChI=1S/C16H27ClN2/c1-5-15(11-18-10-13(2)3)19(4)12-14-8-6-7-9-16(14)17/h6-9,13,15,18H,5,10-12H2,1-4H3. The molecule has 1 aromatic rings. The van der Waals surface area contributed by atoms with Crippen LogP contribution in [0.15, 0.2) is 24.3 Å². The summed E-state index contributed by atoms with van der Waals surface area (Å²) in [7, 11) is 2.18. The molecule has 0 aliphatic heterocycles. The van der Waals surface area contributed by atoms with Crippen molar-refractivity contribution in [3.8, 4) is 0 Å². The van der Waals surface area contributed by atoms with Gasteiger partial charge in [0, 0.05) is 24.2 Å². The Hall–Kier alpha value is -0.570. The van der Waals surface area contributed by atoms with E-state index < -0.39 is 0 Å². The predicted molar refractivity (Wildman–Crippen MR) is 84.7 cm³/mol. The molecule has 0 fully saturated rings. The molecular weight excluding hydrogens is 256 g/mol. The molecule has 0 amide bonds. The van der Waals surface area contributed by atoms with Crippen molar-refractivity contribution in [2.75, 3.05) is 20.1 Å². The number of halogens is 1. The molecule has 0 spiro atoms. The fourth-order valence-electron chi connectivity index (χ4n) is 2.17. The van der Waals surface area contributed by atoms with E-state index in [2.05, 4.69) is 44.1 Å². The quantitative estimate of drug-likeness (QED) is 0.780.